The highest BCUT2D eigenvalue weighted by molar-refractivity contribution is 5.96. The zero-order chi connectivity index (χ0) is 21.9. The number of hydrogen-bond acceptors (Lipinski definition) is 7. The van der Waals surface area contributed by atoms with Gasteiger partial charge in [0.1, 0.15) is 18.0 Å². The Morgan fingerprint density at radius 1 is 1.39 bits per heavy atom. The Hall–Kier alpha value is -4.00. The van der Waals surface area contributed by atoms with Crippen LogP contribution in [-0.4, -0.2) is 37.6 Å². The van der Waals surface area contributed by atoms with Crippen molar-refractivity contribution < 1.29 is 13.9 Å². The van der Waals surface area contributed by atoms with Crippen LogP contribution in [0.3, 0.4) is 0 Å². The van der Waals surface area contributed by atoms with Crippen molar-refractivity contribution in [3.63, 3.8) is 0 Å². The van der Waals surface area contributed by atoms with Crippen LogP contribution in [0.2, 0.25) is 0 Å². The second-order valence-electron chi connectivity index (χ2n) is 7.60. The largest absolute Gasteiger partial charge is 0.467 e. The molecule has 2 aromatic heterocycles. The zero-order valence-corrected chi connectivity index (χ0v) is 16.8. The minimum absolute atomic E-state index is 0.0416. The number of rotatable bonds is 0. The smallest absolute Gasteiger partial charge is 0.258 e. The van der Waals surface area contributed by atoms with E-state index in [4.69, 9.17) is 10.5 Å². The fourth-order valence-corrected chi connectivity index (χ4v) is 4.29. The fraction of sp³-hybridized carbons (Fsp3) is 0.286. The van der Waals surface area contributed by atoms with E-state index in [2.05, 4.69) is 21.1 Å². The van der Waals surface area contributed by atoms with Crippen molar-refractivity contribution in [3.8, 4) is 23.2 Å². The van der Waals surface area contributed by atoms with Crippen LogP contribution in [0.25, 0.3) is 11.3 Å². The van der Waals surface area contributed by atoms with E-state index in [1.54, 1.807) is 23.6 Å². The number of halogens is 1. The summed E-state index contributed by atoms with van der Waals surface area (Å²) in [6.45, 7) is 2.23. The molecule has 5 rings (SSSR count). The number of amides is 1. The third-order valence-corrected chi connectivity index (χ3v) is 5.81. The number of ether oxygens (including phenoxy) is 1. The second kappa shape index (κ2) is 6.77. The van der Waals surface area contributed by atoms with Crippen molar-refractivity contribution in [2.45, 2.75) is 32.0 Å². The highest BCUT2D eigenvalue weighted by atomic mass is 19.1. The Kier molecular flexibility index (Phi) is 4.15. The first-order valence-electron chi connectivity index (χ1n) is 9.76. The van der Waals surface area contributed by atoms with Crippen molar-refractivity contribution in [3.05, 3.63) is 52.7 Å². The summed E-state index contributed by atoms with van der Waals surface area (Å²) in [6.07, 6.45) is 1.36. The molecule has 2 atom stereocenters. The molecule has 9 nitrogen and oxygen atoms in total. The summed E-state index contributed by atoms with van der Waals surface area (Å²) >= 11 is 0. The van der Waals surface area contributed by atoms with Crippen LogP contribution in [0.4, 0.5) is 10.2 Å². The summed E-state index contributed by atoms with van der Waals surface area (Å²) in [7, 11) is 1.69. The highest BCUT2D eigenvalue weighted by Crippen LogP contribution is 2.41. The third kappa shape index (κ3) is 2.81. The highest BCUT2D eigenvalue weighted by Gasteiger charge is 2.37. The van der Waals surface area contributed by atoms with Gasteiger partial charge in [0.05, 0.1) is 29.2 Å². The zero-order valence-electron chi connectivity index (χ0n) is 16.8. The van der Waals surface area contributed by atoms with Gasteiger partial charge in [0, 0.05) is 24.7 Å². The molecule has 1 unspecified atom stereocenters. The number of fused-ring (bicyclic) bond motifs is 4. The number of hydrogen-bond donors (Lipinski definition) is 1. The molecule has 10 heteroatoms. The monoisotopic (exact) mass is 419 g/mol. The summed E-state index contributed by atoms with van der Waals surface area (Å²) < 4.78 is 21.7. The van der Waals surface area contributed by atoms with E-state index in [0.717, 1.165) is 0 Å². The molecule has 3 aromatic rings. The number of nitrogen functional groups attached to an aromatic ring is 1. The van der Waals surface area contributed by atoms with Gasteiger partial charge in [-0.1, -0.05) is 0 Å². The molecule has 2 aliphatic heterocycles. The summed E-state index contributed by atoms with van der Waals surface area (Å²) in [6, 6.07) is 5.75. The summed E-state index contributed by atoms with van der Waals surface area (Å²) in [5, 5.41) is 14.1. The number of benzene rings is 1. The van der Waals surface area contributed by atoms with Gasteiger partial charge in [-0.25, -0.2) is 14.4 Å². The van der Waals surface area contributed by atoms with Crippen LogP contribution in [0.15, 0.2) is 24.4 Å². The molecule has 1 amide bonds. The van der Waals surface area contributed by atoms with E-state index in [1.807, 2.05) is 0 Å². The first-order chi connectivity index (χ1) is 14.9. The minimum atomic E-state index is -0.726. The SMILES string of the molecule is C[C@H]1Oc2nc(cnc2N)-c2c(C#N)nn3c2C(CC3)N(C)C(=O)c2ccc(F)cc21. The van der Waals surface area contributed by atoms with Gasteiger partial charge in [-0.05, 0) is 31.5 Å². The Morgan fingerprint density at radius 3 is 2.97 bits per heavy atom. The summed E-state index contributed by atoms with van der Waals surface area (Å²) in [4.78, 5) is 23.8. The van der Waals surface area contributed by atoms with E-state index in [-0.39, 0.29) is 29.3 Å². The topological polar surface area (TPSA) is 123 Å². The molecule has 2 bridgehead atoms. The summed E-state index contributed by atoms with van der Waals surface area (Å²) in [5.41, 5.74) is 8.46. The molecular weight excluding hydrogens is 401 g/mol. The number of nitriles is 1. The molecular formula is C21H18FN7O2. The molecule has 4 heterocycles. The second-order valence-corrected chi connectivity index (χ2v) is 7.60. The fourth-order valence-electron chi connectivity index (χ4n) is 4.29. The van der Waals surface area contributed by atoms with Crippen LogP contribution >= 0.6 is 0 Å². The molecule has 2 N–H and O–H groups in total. The van der Waals surface area contributed by atoms with Crippen molar-refractivity contribution in [1.29, 1.82) is 5.26 Å². The van der Waals surface area contributed by atoms with Crippen molar-refractivity contribution in [1.82, 2.24) is 24.6 Å². The Morgan fingerprint density at radius 2 is 2.19 bits per heavy atom. The number of aryl methyl sites for hydroxylation is 1. The normalized spacial score (nSPS) is 19.5. The first-order valence-corrected chi connectivity index (χ1v) is 9.76. The van der Waals surface area contributed by atoms with E-state index < -0.39 is 11.9 Å². The Labute approximate surface area is 176 Å². The Bertz CT molecular complexity index is 1280. The van der Waals surface area contributed by atoms with Gasteiger partial charge >= 0.3 is 0 Å². The standard InChI is InChI=1S/C21H18FN7O2/c1-10-13-7-11(22)3-4-12(13)21(30)28(2)16-5-6-29-18(16)17(14(8-23)27-29)15-9-25-19(24)20(26-15)31-10/h3-4,7,9-10,16H,5-6H2,1-2H3,(H2,24,25)/t10-,16?/m1/s1. The lowest BCUT2D eigenvalue weighted by molar-refractivity contribution is 0.0725. The molecule has 0 fully saturated rings. The maximum absolute atomic E-state index is 14.1. The number of anilines is 1. The molecule has 0 spiro atoms. The predicted octanol–water partition coefficient (Wildman–Crippen LogP) is 2.60. The number of aromatic nitrogens is 4. The number of nitrogens with two attached hydrogens (primary N) is 1. The Balaban J connectivity index is 1.80. The molecule has 156 valence electrons. The van der Waals surface area contributed by atoms with Crippen LogP contribution in [0.1, 0.15) is 52.8 Å². The van der Waals surface area contributed by atoms with Crippen LogP contribution in [0.5, 0.6) is 5.88 Å². The third-order valence-electron chi connectivity index (χ3n) is 5.81. The predicted molar refractivity (Wildman–Crippen MR) is 107 cm³/mol. The maximum atomic E-state index is 14.1. The molecule has 0 aliphatic carbocycles. The van der Waals surface area contributed by atoms with Crippen molar-refractivity contribution >= 4 is 11.7 Å². The van der Waals surface area contributed by atoms with Gasteiger partial charge < -0.3 is 15.4 Å². The lowest BCUT2D eigenvalue weighted by Crippen LogP contribution is -2.32. The molecule has 31 heavy (non-hydrogen) atoms. The average Bonchev–Trinajstić information content (AvgIpc) is 3.32. The summed E-state index contributed by atoms with van der Waals surface area (Å²) in [5.74, 6) is -0.671. The first kappa shape index (κ1) is 19.0. The lowest BCUT2D eigenvalue weighted by atomic mass is 9.99. The molecule has 1 aromatic carbocycles. The van der Waals surface area contributed by atoms with Gasteiger partial charge in [0.25, 0.3) is 11.8 Å². The lowest BCUT2D eigenvalue weighted by Gasteiger charge is -2.28. The minimum Gasteiger partial charge on any atom is -0.467 e. The molecule has 2 aliphatic rings. The number of nitrogens with zero attached hydrogens (tertiary/aromatic N) is 6. The van der Waals surface area contributed by atoms with E-state index >= 15 is 0 Å². The van der Waals surface area contributed by atoms with E-state index in [9.17, 15) is 14.4 Å². The molecule has 0 saturated heterocycles. The van der Waals surface area contributed by atoms with Crippen LogP contribution in [0, 0.1) is 17.1 Å². The van der Waals surface area contributed by atoms with Gasteiger partial charge in [0.15, 0.2) is 11.5 Å². The van der Waals surface area contributed by atoms with Gasteiger partial charge in [-0.15, -0.1) is 0 Å². The number of carbonyl (C=O) groups is 1. The van der Waals surface area contributed by atoms with Gasteiger partial charge in [0.2, 0.25) is 0 Å². The molecule has 0 radical (unpaired) electrons. The van der Waals surface area contributed by atoms with Crippen molar-refractivity contribution in [2.24, 2.45) is 0 Å². The van der Waals surface area contributed by atoms with Gasteiger partial charge in [-0.2, -0.15) is 10.4 Å². The van der Waals surface area contributed by atoms with Gasteiger partial charge in [-0.3, -0.25) is 9.48 Å². The maximum Gasteiger partial charge on any atom is 0.258 e. The number of carbonyl (C=O) groups excluding carboxylic acids is 1. The van der Waals surface area contributed by atoms with Crippen LogP contribution in [-0.2, 0) is 6.54 Å². The average molecular weight is 419 g/mol. The van der Waals surface area contributed by atoms with E-state index in [0.29, 0.717) is 41.0 Å². The van der Waals surface area contributed by atoms with E-state index in [1.165, 1.54) is 24.4 Å². The quantitative estimate of drug-likeness (QED) is 0.594. The van der Waals surface area contributed by atoms with Crippen LogP contribution < -0.4 is 10.5 Å². The molecule has 0 saturated carbocycles. The van der Waals surface area contributed by atoms with Crippen molar-refractivity contribution in [2.75, 3.05) is 12.8 Å².